The van der Waals surface area contributed by atoms with E-state index in [1.807, 2.05) is 0 Å². The molecule has 0 aliphatic heterocycles. The molecule has 1 heterocycles. The van der Waals surface area contributed by atoms with E-state index in [0.717, 1.165) is 25.7 Å². The van der Waals surface area contributed by atoms with Gasteiger partial charge in [0.15, 0.2) is 0 Å². The van der Waals surface area contributed by atoms with Crippen LogP contribution in [-0.4, -0.2) is 18.7 Å². The quantitative estimate of drug-likeness (QED) is 0.756. The Morgan fingerprint density at radius 3 is 2.75 bits per heavy atom. The highest BCUT2D eigenvalue weighted by Gasteiger charge is 2.20. The van der Waals surface area contributed by atoms with Crippen LogP contribution in [0.5, 0.6) is 0 Å². The highest BCUT2D eigenvalue weighted by atomic mass is 16.1. The van der Waals surface area contributed by atoms with E-state index in [1.54, 1.807) is 18.5 Å². The average Bonchev–Trinajstić information content (AvgIpc) is 2.30. The highest BCUT2D eigenvalue weighted by molar-refractivity contribution is 6.32. The van der Waals surface area contributed by atoms with Crippen molar-refractivity contribution < 1.29 is 4.79 Å². The molecule has 0 atom stereocenters. The number of anilines is 1. The molecule has 0 unspecified atom stereocenters. The summed E-state index contributed by atoms with van der Waals surface area (Å²) in [4.78, 5) is 15.8. The van der Waals surface area contributed by atoms with E-state index >= 15 is 0 Å². The van der Waals surface area contributed by atoms with E-state index in [1.165, 1.54) is 6.42 Å². The second-order valence-corrected chi connectivity index (χ2v) is 4.33. The van der Waals surface area contributed by atoms with Gasteiger partial charge < -0.3 is 5.32 Å². The van der Waals surface area contributed by atoms with Crippen molar-refractivity contribution in [3.05, 3.63) is 18.5 Å². The van der Waals surface area contributed by atoms with Crippen LogP contribution in [0.15, 0.2) is 18.5 Å². The van der Waals surface area contributed by atoms with Crippen molar-refractivity contribution in [2.75, 3.05) is 5.32 Å². The number of amides is 1. The fourth-order valence-electron chi connectivity index (χ4n) is 2.14. The normalized spacial score (nSPS) is 17.0. The van der Waals surface area contributed by atoms with Gasteiger partial charge in [0.2, 0.25) is 5.91 Å². The molecule has 0 bridgehead atoms. The molecule has 1 aliphatic carbocycles. The van der Waals surface area contributed by atoms with E-state index in [2.05, 4.69) is 10.3 Å². The maximum Gasteiger partial charge on any atom is 0.227 e. The topological polar surface area (TPSA) is 42.0 Å². The zero-order chi connectivity index (χ0) is 11.4. The molecule has 1 aliphatic rings. The maximum absolute atomic E-state index is 11.9. The fraction of sp³-hybridized carbons (Fsp3) is 0.500. The molecule has 0 saturated heterocycles. The van der Waals surface area contributed by atoms with E-state index in [4.69, 9.17) is 7.85 Å². The Morgan fingerprint density at radius 2 is 2.06 bits per heavy atom. The number of rotatable bonds is 2. The Hall–Kier alpha value is -1.32. The minimum atomic E-state index is 0.104. The highest BCUT2D eigenvalue weighted by Crippen LogP contribution is 2.24. The molecule has 1 amide bonds. The van der Waals surface area contributed by atoms with E-state index in [-0.39, 0.29) is 11.8 Å². The molecule has 4 heteroatoms. The van der Waals surface area contributed by atoms with Gasteiger partial charge in [-0.3, -0.25) is 9.78 Å². The average molecular weight is 214 g/mol. The Balaban J connectivity index is 1.96. The molecule has 16 heavy (non-hydrogen) atoms. The third-order valence-corrected chi connectivity index (χ3v) is 3.00. The van der Waals surface area contributed by atoms with Crippen LogP contribution < -0.4 is 10.8 Å². The smallest absolute Gasteiger partial charge is 0.227 e. The van der Waals surface area contributed by atoms with Crippen LogP contribution >= 0.6 is 0 Å². The summed E-state index contributed by atoms with van der Waals surface area (Å²) in [5.41, 5.74) is 1.26. The number of aromatic nitrogens is 1. The fourth-order valence-corrected chi connectivity index (χ4v) is 2.14. The number of hydrogen-bond acceptors (Lipinski definition) is 2. The van der Waals surface area contributed by atoms with Crippen molar-refractivity contribution in [3.8, 4) is 0 Å². The summed E-state index contributed by atoms with van der Waals surface area (Å²) in [5, 5.41) is 2.87. The second kappa shape index (κ2) is 5.15. The predicted octanol–water partition coefficient (Wildman–Crippen LogP) is 1.39. The Bertz CT molecular complexity index is 375. The summed E-state index contributed by atoms with van der Waals surface area (Å²) < 4.78 is 0. The lowest BCUT2D eigenvalue weighted by Crippen LogP contribution is -2.25. The molecule has 2 radical (unpaired) electrons. The lowest BCUT2D eigenvalue weighted by molar-refractivity contribution is -0.120. The monoisotopic (exact) mass is 214 g/mol. The Labute approximate surface area is 97.1 Å². The van der Waals surface area contributed by atoms with E-state index in [9.17, 15) is 4.79 Å². The molecular weight excluding hydrogens is 199 g/mol. The minimum Gasteiger partial charge on any atom is -0.325 e. The second-order valence-electron chi connectivity index (χ2n) is 4.33. The maximum atomic E-state index is 11.9. The number of nitrogens with zero attached hydrogens (tertiary/aromatic N) is 1. The van der Waals surface area contributed by atoms with Crippen molar-refractivity contribution in [2.45, 2.75) is 32.1 Å². The van der Waals surface area contributed by atoms with Gasteiger partial charge in [-0.15, -0.1) is 0 Å². The van der Waals surface area contributed by atoms with Gasteiger partial charge >= 0.3 is 0 Å². The minimum absolute atomic E-state index is 0.104. The zero-order valence-corrected chi connectivity index (χ0v) is 9.28. The molecule has 0 aromatic carbocycles. The first-order valence-electron chi connectivity index (χ1n) is 5.77. The summed E-state index contributed by atoms with van der Waals surface area (Å²) in [6.45, 7) is 0. The summed E-state index contributed by atoms with van der Waals surface area (Å²) in [6.07, 6.45) is 8.76. The third kappa shape index (κ3) is 2.84. The van der Waals surface area contributed by atoms with Gasteiger partial charge in [-0.25, -0.2) is 0 Å². The van der Waals surface area contributed by atoms with Gasteiger partial charge in [-0.1, -0.05) is 24.7 Å². The third-order valence-electron chi connectivity index (χ3n) is 3.00. The van der Waals surface area contributed by atoms with Crippen LogP contribution in [0.25, 0.3) is 0 Å². The first-order chi connectivity index (χ1) is 7.75. The van der Waals surface area contributed by atoms with Crippen molar-refractivity contribution in [2.24, 2.45) is 5.92 Å². The van der Waals surface area contributed by atoms with Crippen LogP contribution in [0.2, 0.25) is 0 Å². The number of hydrogen-bond donors (Lipinski definition) is 1. The SMILES string of the molecule is [B]c1cncc(NC(=O)C2CCCCC2)c1. The van der Waals surface area contributed by atoms with Gasteiger partial charge in [0.05, 0.1) is 11.9 Å². The van der Waals surface area contributed by atoms with Crippen molar-refractivity contribution in [1.82, 2.24) is 4.98 Å². The van der Waals surface area contributed by atoms with Crippen molar-refractivity contribution >= 4 is 24.9 Å². The van der Waals surface area contributed by atoms with Crippen LogP contribution in [0, 0.1) is 5.92 Å². The zero-order valence-electron chi connectivity index (χ0n) is 9.28. The van der Waals surface area contributed by atoms with E-state index in [0.29, 0.717) is 11.2 Å². The summed E-state index contributed by atoms with van der Waals surface area (Å²) in [5.74, 6) is 0.266. The van der Waals surface area contributed by atoms with Gasteiger partial charge in [0.25, 0.3) is 0 Å². The molecule has 82 valence electrons. The van der Waals surface area contributed by atoms with Gasteiger partial charge in [-0.05, 0) is 18.9 Å². The molecule has 0 spiro atoms. The van der Waals surface area contributed by atoms with Crippen LogP contribution in [-0.2, 0) is 4.79 Å². The number of pyridine rings is 1. The number of carbonyl (C=O) groups excluding carboxylic acids is 1. The van der Waals surface area contributed by atoms with Crippen LogP contribution in [0.3, 0.4) is 0 Å². The van der Waals surface area contributed by atoms with Gasteiger partial charge in [0, 0.05) is 12.1 Å². The lowest BCUT2D eigenvalue weighted by atomic mass is 9.88. The van der Waals surface area contributed by atoms with Crippen molar-refractivity contribution in [3.63, 3.8) is 0 Å². The predicted molar refractivity (Wildman–Crippen MR) is 64.8 cm³/mol. The molecule has 1 saturated carbocycles. The lowest BCUT2D eigenvalue weighted by Gasteiger charge is -2.20. The standard InChI is InChI=1S/C12H15BN2O/c13-10-6-11(8-14-7-10)15-12(16)9-4-2-1-3-5-9/h6-9H,1-5H2,(H,15,16). The Morgan fingerprint density at radius 1 is 1.31 bits per heavy atom. The van der Waals surface area contributed by atoms with Crippen LogP contribution in [0.4, 0.5) is 5.69 Å². The summed E-state index contributed by atoms with van der Waals surface area (Å²) in [7, 11) is 5.60. The largest absolute Gasteiger partial charge is 0.325 e. The molecule has 1 aromatic rings. The molecule has 1 fully saturated rings. The summed E-state index contributed by atoms with van der Waals surface area (Å²) >= 11 is 0. The summed E-state index contributed by atoms with van der Waals surface area (Å²) in [6, 6.07) is 1.73. The first kappa shape index (κ1) is 11.2. The van der Waals surface area contributed by atoms with Crippen LogP contribution in [0.1, 0.15) is 32.1 Å². The van der Waals surface area contributed by atoms with Gasteiger partial charge in [-0.2, -0.15) is 0 Å². The first-order valence-corrected chi connectivity index (χ1v) is 5.77. The molecular formula is C12H15BN2O. The van der Waals surface area contributed by atoms with E-state index < -0.39 is 0 Å². The molecule has 2 rings (SSSR count). The number of nitrogens with one attached hydrogen (secondary N) is 1. The van der Waals surface area contributed by atoms with Gasteiger partial charge in [0.1, 0.15) is 7.85 Å². The Kier molecular flexibility index (Phi) is 3.60. The van der Waals surface area contributed by atoms with Crippen molar-refractivity contribution in [1.29, 1.82) is 0 Å². The molecule has 1 N–H and O–H groups in total. The molecule has 3 nitrogen and oxygen atoms in total. The number of carbonyl (C=O) groups is 1. The molecule has 1 aromatic heterocycles.